The molecule has 4 nitrogen and oxygen atoms in total. The molecule has 0 radical (unpaired) electrons. The molecule has 0 aliphatic carbocycles. The lowest BCUT2D eigenvalue weighted by atomic mass is 9.92. The Balaban J connectivity index is 1.95. The third-order valence-corrected chi connectivity index (χ3v) is 5.93. The van der Waals surface area contributed by atoms with Crippen molar-refractivity contribution in [3.8, 4) is 6.07 Å². The van der Waals surface area contributed by atoms with Gasteiger partial charge in [0.05, 0.1) is 22.6 Å². The Morgan fingerprint density at radius 1 is 0.800 bits per heavy atom. The second-order valence-corrected chi connectivity index (χ2v) is 9.68. The molecule has 0 atom stereocenters. The average Bonchev–Trinajstić information content (AvgIpc) is 2.81. The zero-order valence-corrected chi connectivity index (χ0v) is 21.7. The summed E-state index contributed by atoms with van der Waals surface area (Å²) in [6.07, 6.45) is 9.53. The molecule has 35 heavy (non-hydrogen) atoms. The molecule has 0 saturated carbocycles. The quantitative estimate of drug-likeness (QED) is 0.294. The summed E-state index contributed by atoms with van der Waals surface area (Å²) in [5, 5.41) is 9.55. The number of hydrogen-bond donors (Lipinski definition) is 1. The fourth-order valence-corrected chi connectivity index (χ4v) is 4.17. The van der Waals surface area contributed by atoms with Crippen molar-refractivity contribution in [1.82, 2.24) is 0 Å². The minimum Gasteiger partial charge on any atom is -0.397 e. The van der Waals surface area contributed by atoms with Gasteiger partial charge in [-0.1, -0.05) is 68.5 Å². The van der Waals surface area contributed by atoms with Crippen LogP contribution in [0, 0.1) is 17.2 Å². The lowest BCUT2D eigenvalue weighted by Crippen LogP contribution is -2.10. The van der Waals surface area contributed by atoms with E-state index >= 15 is 0 Å². The minimum absolute atomic E-state index is 0.524. The Bertz CT molecular complexity index is 1270. The van der Waals surface area contributed by atoms with Gasteiger partial charge in [0.15, 0.2) is 0 Å². The Morgan fingerprint density at radius 2 is 1.34 bits per heavy atom. The number of rotatable bonds is 8. The molecule has 0 fully saturated rings. The van der Waals surface area contributed by atoms with Gasteiger partial charge in [-0.2, -0.15) is 5.26 Å². The minimum atomic E-state index is 0.524. The molecule has 0 spiro atoms. The van der Waals surface area contributed by atoms with Crippen LogP contribution < -0.4 is 15.5 Å². The first-order valence-corrected chi connectivity index (χ1v) is 12.0. The van der Waals surface area contributed by atoms with Crippen molar-refractivity contribution in [3.63, 3.8) is 0 Å². The van der Waals surface area contributed by atoms with Gasteiger partial charge < -0.3 is 15.5 Å². The third kappa shape index (κ3) is 6.55. The number of nitrogens with two attached hydrogens (primary N) is 1. The maximum absolute atomic E-state index is 9.55. The first-order chi connectivity index (χ1) is 16.7. The average molecular weight is 465 g/mol. The highest BCUT2D eigenvalue weighted by Gasteiger charge is 2.09. The van der Waals surface area contributed by atoms with E-state index in [-0.39, 0.29) is 0 Å². The van der Waals surface area contributed by atoms with Crippen molar-refractivity contribution >= 4 is 41.4 Å². The second-order valence-electron chi connectivity index (χ2n) is 9.68. The van der Waals surface area contributed by atoms with E-state index in [0.29, 0.717) is 11.5 Å². The van der Waals surface area contributed by atoms with E-state index < -0.39 is 0 Å². The summed E-state index contributed by atoms with van der Waals surface area (Å²) in [6, 6.07) is 20.9. The number of benzene rings is 3. The van der Waals surface area contributed by atoms with Gasteiger partial charge in [0.1, 0.15) is 6.07 Å². The molecule has 0 aliphatic rings. The molecule has 0 aromatic heterocycles. The summed E-state index contributed by atoms with van der Waals surface area (Å²) in [5.74, 6) is 0.524. The van der Waals surface area contributed by atoms with Crippen molar-refractivity contribution in [2.24, 2.45) is 5.92 Å². The fraction of sp³-hybridized carbons (Fsp3) is 0.258. The van der Waals surface area contributed by atoms with Crippen LogP contribution in [0.3, 0.4) is 0 Å². The molecule has 3 rings (SSSR count). The van der Waals surface area contributed by atoms with E-state index in [4.69, 9.17) is 5.73 Å². The standard InChI is InChI=1S/C31H36N4/c1-22(2)18-28-25(14-10-23-12-16-30(34(3)4)27(19-23)21-32)8-7-9-26(28)15-11-24-13-17-31(35(5)6)29(33)20-24/h7-17,19-20,22H,18,33H2,1-6H3/b14-10+,15-11+. The maximum atomic E-state index is 9.55. The smallest absolute Gasteiger partial charge is 0.101 e. The van der Waals surface area contributed by atoms with Crippen molar-refractivity contribution in [1.29, 1.82) is 5.26 Å². The highest BCUT2D eigenvalue weighted by atomic mass is 15.1. The first-order valence-electron chi connectivity index (χ1n) is 12.0. The predicted octanol–water partition coefficient (Wildman–Crippen LogP) is 6.81. The molecule has 0 unspecified atom stereocenters. The molecule has 180 valence electrons. The molecule has 3 aromatic rings. The van der Waals surface area contributed by atoms with Crippen LogP contribution in [0.1, 0.15) is 47.2 Å². The molecular weight excluding hydrogens is 428 g/mol. The molecule has 3 aromatic carbocycles. The van der Waals surface area contributed by atoms with Crippen LogP contribution in [0.25, 0.3) is 24.3 Å². The topological polar surface area (TPSA) is 56.3 Å². The Labute approximate surface area is 210 Å². The molecule has 0 aliphatic heterocycles. The zero-order valence-electron chi connectivity index (χ0n) is 21.7. The van der Waals surface area contributed by atoms with Crippen LogP contribution in [0.4, 0.5) is 17.1 Å². The van der Waals surface area contributed by atoms with Gasteiger partial charge in [0.2, 0.25) is 0 Å². The van der Waals surface area contributed by atoms with Gasteiger partial charge in [-0.05, 0) is 64.4 Å². The van der Waals surface area contributed by atoms with Crippen LogP contribution in [0.2, 0.25) is 0 Å². The van der Waals surface area contributed by atoms with Gasteiger partial charge in [-0.15, -0.1) is 0 Å². The van der Waals surface area contributed by atoms with Gasteiger partial charge in [-0.25, -0.2) is 0 Å². The van der Waals surface area contributed by atoms with E-state index in [1.54, 1.807) is 0 Å². The van der Waals surface area contributed by atoms with Gasteiger partial charge in [-0.3, -0.25) is 0 Å². The van der Waals surface area contributed by atoms with E-state index in [1.165, 1.54) is 16.7 Å². The highest BCUT2D eigenvalue weighted by Crippen LogP contribution is 2.27. The van der Waals surface area contributed by atoms with E-state index in [1.807, 2.05) is 56.2 Å². The SMILES string of the molecule is CC(C)Cc1c(/C=C/c2ccc(N(C)C)c(N)c2)cccc1/C=C/c1ccc(N(C)C)c(C#N)c1. The normalized spacial score (nSPS) is 11.4. The van der Waals surface area contributed by atoms with E-state index in [2.05, 4.69) is 80.6 Å². The Kier molecular flexibility index (Phi) is 8.39. The maximum Gasteiger partial charge on any atom is 0.101 e. The Hall–Kier alpha value is -3.97. The molecule has 0 bridgehead atoms. The van der Waals surface area contributed by atoms with E-state index in [9.17, 15) is 5.26 Å². The van der Waals surface area contributed by atoms with Crippen LogP contribution in [0.5, 0.6) is 0 Å². The lowest BCUT2D eigenvalue weighted by molar-refractivity contribution is 0.646. The first kappa shape index (κ1) is 25.6. The van der Waals surface area contributed by atoms with Crippen molar-refractivity contribution < 1.29 is 0 Å². The summed E-state index contributed by atoms with van der Waals surface area (Å²) in [6.45, 7) is 4.49. The van der Waals surface area contributed by atoms with Crippen molar-refractivity contribution in [2.75, 3.05) is 43.7 Å². The summed E-state index contributed by atoms with van der Waals surface area (Å²) in [7, 11) is 7.90. The van der Waals surface area contributed by atoms with Crippen LogP contribution in [0.15, 0.2) is 54.6 Å². The number of hydrogen-bond acceptors (Lipinski definition) is 4. The zero-order chi connectivity index (χ0) is 25.5. The summed E-state index contributed by atoms with van der Waals surface area (Å²) >= 11 is 0. The van der Waals surface area contributed by atoms with Crippen LogP contribution >= 0.6 is 0 Å². The van der Waals surface area contributed by atoms with Gasteiger partial charge >= 0.3 is 0 Å². The van der Waals surface area contributed by atoms with Gasteiger partial charge in [0.25, 0.3) is 0 Å². The number of nitrogen functional groups attached to an aromatic ring is 1. The van der Waals surface area contributed by atoms with Crippen molar-refractivity contribution in [2.45, 2.75) is 20.3 Å². The summed E-state index contributed by atoms with van der Waals surface area (Å²) in [5.41, 5.74) is 15.5. The van der Waals surface area contributed by atoms with E-state index in [0.717, 1.165) is 34.6 Å². The number of nitrogens with zero attached hydrogens (tertiary/aromatic N) is 3. The van der Waals surface area contributed by atoms with Crippen molar-refractivity contribution in [3.05, 3.63) is 88.0 Å². The Morgan fingerprint density at radius 3 is 1.83 bits per heavy atom. The van der Waals surface area contributed by atoms with Crippen LogP contribution in [-0.2, 0) is 6.42 Å². The number of nitriles is 1. The highest BCUT2D eigenvalue weighted by molar-refractivity contribution is 5.80. The largest absolute Gasteiger partial charge is 0.397 e. The third-order valence-electron chi connectivity index (χ3n) is 5.93. The molecular formula is C31H36N4. The fourth-order valence-electron chi connectivity index (χ4n) is 4.17. The molecule has 0 heterocycles. The molecule has 4 heteroatoms. The summed E-state index contributed by atoms with van der Waals surface area (Å²) in [4.78, 5) is 3.98. The molecule has 0 amide bonds. The lowest BCUT2D eigenvalue weighted by Gasteiger charge is -2.15. The molecule has 2 N–H and O–H groups in total. The number of anilines is 3. The predicted molar refractivity (Wildman–Crippen MR) is 154 cm³/mol. The van der Waals surface area contributed by atoms with Crippen LogP contribution in [-0.4, -0.2) is 28.2 Å². The second kappa shape index (κ2) is 11.4. The summed E-state index contributed by atoms with van der Waals surface area (Å²) < 4.78 is 0. The monoisotopic (exact) mass is 464 g/mol. The molecule has 0 saturated heterocycles. The van der Waals surface area contributed by atoms with Gasteiger partial charge in [0, 0.05) is 28.2 Å².